The van der Waals surface area contributed by atoms with Gasteiger partial charge in [-0.1, -0.05) is 24.3 Å². The van der Waals surface area contributed by atoms with Crippen LogP contribution in [-0.4, -0.2) is 42.0 Å². The van der Waals surface area contributed by atoms with E-state index in [1.165, 1.54) is 12.8 Å². The molecule has 21 heavy (non-hydrogen) atoms. The highest BCUT2D eigenvalue weighted by Gasteiger charge is 2.14. The van der Waals surface area contributed by atoms with E-state index in [9.17, 15) is 4.79 Å². The third kappa shape index (κ3) is 2.97. The molecule has 1 fully saturated rings. The van der Waals surface area contributed by atoms with Crippen molar-refractivity contribution in [2.75, 3.05) is 31.9 Å². The number of carbonyl (C=O) groups is 1. The Morgan fingerprint density at radius 3 is 2.71 bits per heavy atom. The lowest BCUT2D eigenvalue weighted by Gasteiger charge is -2.15. The van der Waals surface area contributed by atoms with Gasteiger partial charge in [-0.25, -0.2) is 4.98 Å². The van der Waals surface area contributed by atoms with Gasteiger partial charge < -0.3 is 16.0 Å². The highest BCUT2D eigenvalue weighted by atomic mass is 16.1. The van der Waals surface area contributed by atoms with E-state index >= 15 is 0 Å². The monoisotopic (exact) mass is 284 g/mol. The zero-order valence-corrected chi connectivity index (χ0v) is 12.0. The van der Waals surface area contributed by atoms with Crippen LogP contribution in [-0.2, 0) is 0 Å². The third-order valence-corrected chi connectivity index (χ3v) is 3.98. The Morgan fingerprint density at radius 1 is 1.24 bits per heavy atom. The van der Waals surface area contributed by atoms with Crippen LogP contribution in [0.25, 0.3) is 10.8 Å². The number of hydrogen-bond acceptors (Lipinski definition) is 4. The molecule has 0 aliphatic carbocycles. The summed E-state index contributed by atoms with van der Waals surface area (Å²) in [6, 6.07) is 7.60. The average Bonchev–Trinajstić information content (AvgIpc) is 3.01. The molecule has 0 unspecified atom stereocenters. The van der Waals surface area contributed by atoms with Gasteiger partial charge in [0, 0.05) is 24.7 Å². The smallest absolute Gasteiger partial charge is 0.253 e. The Labute approximate surface area is 124 Å². The number of nitrogens with zero attached hydrogens (tertiary/aromatic N) is 2. The molecule has 0 spiro atoms. The normalized spacial score (nSPS) is 15.4. The molecule has 3 N–H and O–H groups in total. The van der Waals surface area contributed by atoms with Crippen LogP contribution in [0.4, 0.5) is 5.82 Å². The maximum absolute atomic E-state index is 12.3. The number of rotatable bonds is 4. The van der Waals surface area contributed by atoms with Crippen molar-refractivity contribution in [2.45, 2.75) is 12.8 Å². The van der Waals surface area contributed by atoms with Gasteiger partial charge in [-0.2, -0.15) is 0 Å². The highest BCUT2D eigenvalue weighted by Crippen LogP contribution is 2.22. The van der Waals surface area contributed by atoms with Crippen molar-refractivity contribution in [3.63, 3.8) is 0 Å². The first-order valence-electron chi connectivity index (χ1n) is 7.39. The molecule has 1 amide bonds. The first kappa shape index (κ1) is 13.8. The van der Waals surface area contributed by atoms with Crippen LogP contribution in [0.5, 0.6) is 0 Å². The zero-order valence-electron chi connectivity index (χ0n) is 12.0. The summed E-state index contributed by atoms with van der Waals surface area (Å²) >= 11 is 0. The first-order chi connectivity index (χ1) is 10.3. The van der Waals surface area contributed by atoms with E-state index in [0.29, 0.717) is 17.9 Å². The van der Waals surface area contributed by atoms with Crippen LogP contribution in [0.15, 0.2) is 30.5 Å². The van der Waals surface area contributed by atoms with Gasteiger partial charge in [0.2, 0.25) is 0 Å². The van der Waals surface area contributed by atoms with Gasteiger partial charge in [0.1, 0.15) is 5.82 Å². The molecule has 0 atom stereocenters. The molecule has 0 bridgehead atoms. The Hall–Kier alpha value is -2.14. The van der Waals surface area contributed by atoms with Crippen molar-refractivity contribution < 1.29 is 4.79 Å². The quantitative estimate of drug-likeness (QED) is 0.895. The van der Waals surface area contributed by atoms with Crippen molar-refractivity contribution in [1.82, 2.24) is 15.2 Å². The third-order valence-electron chi connectivity index (χ3n) is 3.98. The molecule has 5 heteroatoms. The number of hydrogen-bond donors (Lipinski definition) is 2. The van der Waals surface area contributed by atoms with Crippen molar-refractivity contribution in [3.05, 3.63) is 36.0 Å². The Balaban J connectivity index is 1.71. The molecular weight excluding hydrogens is 264 g/mol. The van der Waals surface area contributed by atoms with Crippen molar-refractivity contribution in [2.24, 2.45) is 0 Å². The molecule has 1 aliphatic rings. The van der Waals surface area contributed by atoms with E-state index in [1.807, 2.05) is 24.3 Å². The van der Waals surface area contributed by atoms with Crippen LogP contribution in [0.1, 0.15) is 23.2 Å². The van der Waals surface area contributed by atoms with Gasteiger partial charge in [-0.3, -0.25) is 4.79 Å². The SMILES string of the molecule is Nc1ncc(C(=O)NCCN2CCCC2)c2ccccc12. The molecule has 1 aliphatic heterocycles. The number of likely N-dealkylation sites (tertiary alicyclic amines) is 1. The van der Waals surface area contributed by atoms with E-state index in [-0.39, 0.29) is 5.91 Å². The predicted molar refractivity (Wildman–Crippen MR) is 84.2 cm³/mol. The number of anilines is 1. The summed E-state index contributed by atoms with van der Waals surface area (Å²) in [4.78, 5) is 18.8. The van der Waals surface area contributed by atoms with E-state index in [2.05, 4.69) is 15.2 Å². The summed E-state index contributed by atoms with van der Waals surface area (Å²) in [7, 11) is 0. The number of pyridine rings is 1. The van der Waals surface area contributed by atoms with Gasteiger partial charge in [-0.15, -0.1) is 0 Å². The van der Waals surface area contributed by atoms with Gasteiger partial charge in [0.25, 0.3) is 5.91 Å². The molecule has 2 aromatic rings. The minimum absolute atomic E-state index is 0.0853. The second-order valence-electron chi connectivity index (χ2n) is 5.41. The number of nitrogen functional groups attached to an aromatic ring is 1. The molecule has 1 aromatic carbocycles. The summed E-state index contributed by atoms with van der Waals surface area (Å²) in [6.45, 7) is 3.86. The second kappa shape index (κ2) is 6.10. The Morgan fingerprint density at radius 2 is 1.95 bits per heavy atom. The van der Waals surface area contributed by atoms with Crippen LogP contribution in [0.3, 0.4) is 0 Å². The van der Waals surface area contributed by atoms with Crippen molar-refractivity contribution in [1.29, 1.82) is 0 Å². The van der Waals surface area contributed by atoms with Gasteiger partial charge in [0.05, 0.1) is 5.56 Å². The summed E-state index contributed by atoms with van der Waals surface area (Å²) in [6.07, 6.45) is 4.09. The lowest BCUT2D eigenvalue weighted by Crippen LogP contribution is -2.33. The number of aromatic nitrogens is 1. The maximum atomic E-state index is 12.3. The second-order valence-corrected chi connectivity index (χ2v) is 5.41. The fourth-order valence-electron chi connectivity index (χ4n) is 2.82. The van der Waals surface area contributed by atoms with E-state index < -0.39 is 0 Å². The number of carbonyl (C=O) groups excluding carboxylic acids is 1. The predicted octanol–water partition coefficient (Wildman–Crippen LogP) is 1.64. The molecule has 1 saturated heterocycles. The van der Waals surface area contributed by atoms with E-state index in [0.717, 1.165) is 30.4 Å². The zero-order chi connectivity index (χ0) is 14.7. The molecule has 1 aromatic heterocycles. The summed E-state index contributed by atoms with van der Waals surface area (Å²) in [5, 5.41) is 4.65. The number of fused-ring (bicyclic) bond motifs is 1. The summed E-state index contributed by atoms with van der Waals surface area (Å²) in [5.41, 5.74) is 6.44. The Bertz CT molecular complexity index is 650. The molecule has 0 saturated carbocycles. The molecule has 0 radical (unpaired) electrons. The minimum Gasteiger partial charge on any atom is -0.383 e. The van der Waals surface area contributed by atoms with Crippen molar-refractivity contribution >= 4 is 22.5 Å². The lowest BCUT2D eigenvalue weighted by atomic mass is 10.1. The number of nitrogens with one attached hydrogen (secondary N) is 1. The van der Waals surface area contributed by atoms with Gasteiger partial charge in [0.15, 0.2) is 0 Å². The largest absolute Gasteiger partial charge is 0.383 e. The summed E-state index contributed by atoms with van der Waals surface area (Å²) < 4.78 is 0. The minimum atomic E-state index is -0.0853. The molecule has 5 nitrogen and oxygen atoms in total. The number of amides is 1. The van der Waals surface area contributed by atoms with Crippen LogP contribution in [0, 0.1) is 0 Å². The van der Waals surface area contributed by atoms with E-state index in [1.54, 1.807) is 6.20 Å². The number of nitrogens with two attached hydrogens (primary N) is 1. The van der Waals surface area contributed by atoms with Crippen LogP contribution < -0.4 is 11.1 Å². The fraction of sp³-hybridized carbons (Fsp3) is 0.375. The Kier molecular flexibility index (Phi) is 4.01. The van der Waals surface area contributed by atoms with E-state index in [4.69, 9.17) is 5.73 Å². The highest BCUT2D eigenvalue weighted by molar-refractivity contribution is 6.08. The first-order valence-corrected chi connectivity index (χ1v) is 7.39. The fourth-order valence-corrected chi connectivity index (χ4v) is 2.82. The van der Waals surface area contributed by atoms with Gasteiger partial charge >= 0.3 is 0 Å². The molecular formula is C16H20N4O. The summed E-state index contributed by atoms with van der Waals surface area (Å²) in [5.74, 6) is 0.372. The van der Waals surface area contributed by atoms with Crippen LogP contribution >= 0.6 is 0 Å². The topological polar surface area (TPSA) is 71.2 Å². The average molecular weight is 284 g/mol. The number of benzene rings is 1. The lowest BCUT2D eigenvalue weighted by molar-refractivity contribution is 0.0951. The molecule has 2 heterocycles. The van der Waals surface area contributed by atoms with Crippen molar-refractivity contribution in [3.8, 4) is 0 Å². The standard InChI is InChI=1S/C16H20N4O/c17-15-13-6-2-1-5-12(13)14(11-19-15)16(21)18-7-10-20-8-3-4-9-20/h1-2,5-6,11H,3-4,7-10H2,(H2,17,19)(H,18,21). The maximum Gasteiger partial charge on any atom is 0.253 e. The van der Waals surface area contributed by atoms with Gasteiger partial charge in [-0.05, 0) is 31.3 Å². The molecule has 110 valence electrons. The van der Waals surface area contributed by atoms with Crippen LogP contribution in [0.2, 0.25) is 0 Å². The molecule has 3 rings (SSSR count).